The molecule has 346 valence electrons. The number of nitriles is 1. The number of para-hydroxylation sites is 1. The monoisotopic (exact) mass is 988 g/mol. The molecule has 0 unspecified atom stereocenters. The molecule has 0 radical (unpaired) electrons. The van der Waals surface area contributed by atoms with Crippen LogP contribution < -0.4 is 0 Å². The maximum Gasteiger partial charge on any atom is 0.221 e. The quantitative estimate of drug-likeness (QED) is 0.161. The summed E-state index contributed by atoms with van der Waals surface area (Å²) in [6, 6.07) is 79.5. The Bertz CT molecular complexity index is 4990. The van der Waals surface area contributed by atoms with Crippen LogP contribution in [0, 0.1) is 17.9 Å². The number of fused-ring (bicyclic) bond motifs is 18. The molecule has 75 heavy (non-hydrogen) atoms. The van der Waals surface area contributed by atoms with E-state index < -0.39 is 0 Å². The van der Waals surface area contributed by atoms with E-state index in [1.807, 2.05) is 36.4 Å². The zero-order valence-electron chi connectivity index (χ0n) is 39.8. The molecule has 0 bridgehead atoms. The van der Waals surface area contributed by atoms with Crippen molar-refractivity contribution in [3.8, 4) is 50.8 Å². The van der Waals surface area contributed by atoms with Gasteiger partial charge >= 0.3 is 0 Å². The lowest BCUT2D eigenvalue weighted by Crippen LogP contribution is -2.08. The number of furan rings is 1. The maximum absolute atomic E-state index is 12.3. The van der Waals surface area contributed by atoms with Crippen LogP contribution in [-0.2, 0) is 0 Å². The van der Waals surface area contributed by atoms with Crippen molar-refractivity contribution in [2.45, 2.75) is 0 Å². The molecule has 0 spiro atoms. The molecule has 5 heterocycles. The highest BCUT2D eigenvalue weighted by atomic mass is 32.1. The van der Waals surface area contributed by atoms with Crippen LogP contribution in [0.15, 0.2) is 223 Å². The van der Waals surface area contributed by atoms with Gasteiger partial charge < -0.3 is 13.6 Å². The minimum absolute atomic E-state index is 0.372. The fraction of sp³-hybridized carbons (Fsp3) is 0. The summed E-state index contributed by atoms with van der Waals surface area (Å²) in [4.78, 5) is 4.69. The van der Waals surface area contributed by atoms with Crippen LogP contribution in [0.2, 0.25) is 0 Å². The van der Waals surface area contributed by atoms with E-state index in [1.165, 1.54) is 30.9 Å². The summed E-state index contributed by atoms with van der Waals surface area (Å²) in [6.07, 6.45) is 0. The van der Waals surface area contributed by atoms with Gasteiger partial charge in [-0.05, 0) is 58.7 Å². The van der Waals surface area contributed by atoms with Crippen LogP contribution in [0.1, 0.15) is 5.56 Å². The first kappa shape index (κ1) is 41.8. The summed E-state index contributed by atoms with van der Waals surface area (Å²) in [7, 11) is 0. The standard InChI is InChI=1S/C68H36N4OS2/c1-70-60-59(41-21-9-4-10-22-41)65(72-63-47(31-34-50-44-24-12-15-27-56(44)74-67(50)63)48-32-35-51-45-25-13-16-28-57(45)75-68(51)64(48)72)58(40-19-7-3-8-20-40)53(38-69)61(60)71-54-26-14-11-23-43(54)46-30-33-49-52-37-42(39-17-5-2-6-18-39)29-36-55(52)73-66(49)62(46)71/h2-37H. The van der Waals surface area contributed by atoms with E-state index in [0.29, 0.717) is 22.5 Å². The first-order chi connectivity index (χ1) is 37.2. The smallest absolute Gasteiger partial charge is 0.221 e. The number of rotatable bonds is 5. The molecule has 0 aliphatic carbocycles. The molecular formula is C68H36N4OS2. The summed E-state index contributed by atoms with van der Waals surface area (Å²) < 4.78 is 16.4. The van der Waals surface area contributed by atoms with Gasteiger partial charge in [-0.1, -0.05) is 182 Å². The van der Waals surface area contributed by atoms with Gasteiger partial charge in [-0.3, -0.25) is 0 Å². The predicted molar refractivity (Wildman–Crippen MR) is 315 cm³/mol. The molecule has 0 fully saturated rings. The minimum atomic E-state index is 0.372. The van der Waals surface area contributed by atoms with Gasteiger partial charge in [0.1, 0.15) is 11.7 Å². The fourth-order valence-electron chi connectivity index (χ4n) is 12.2. The van der Waals surface area contributed by atoms with Crippen LogP contribution in [-0.4, -0.2) is 9.13 Å². The van der Waals surface area contributed by atoms with E-state index in [-0.39, 0.29) is 0 Å². The lowest BCUT2D eigenvalue weighted by molar-refractivity contribution is 0.671. The van der Waals surface area contributed by atoms with Crippen molar-refractivity contribution >= 4 is 134 Å². The third kappa shape index (κ3) is 5.79. The van der Waals surface area contributed by atoms with E-state index in [0.717, 1.165) is 108 Å². The molecule has 0 saturated carbocycles. The molecule has 16 aromatic rings. The molecule has 0 aliphatic rings. The zero-order chi connectivity index (χ0) is 49.5. The highest BCUT2D eigenvalue weighted by molar-refractivity contribution is 7.27. The van der Waals surface area contributed by atoms with Gasteiger partial charge in [0, 0.05) is 74.4 Å². The van der Waals surface area contributed by atoms with Crippen LogP contribution in [0.4, 0.5) is 5.69 Å². The van der Waals surface area contributed by atoms with Crippen molar-refractivity contribution in [2.24, 2.45) is 0 Å². The van der Waals surface area contributed by atoms with E-state index in [4.69, 9.17) is 9.26 Å². The number of nitrogens with zero attached hydrogens (tertiary/aromatic N) is 4. The Morgan fingerprint density at radius 1 is 0.413 bits per heavy atom. The Morgan fingerprint density at radius 2 is 0.920 bits per heavy atom. The van der Waals surface area contributed by atoms with Crippen LogP contribution >= 0.6 is 22.7 Å². The van der Waals surface area contributed by atoms with Gasteiger partial charge in [0.2, 0.25) is 5.69 Å². The van der Waals surface area contributed by atoms with Crippen molar-refractivity contribution < 1.29 is 4.42 Å². The molecule has 0 aliphatic heterocycles. The molecule has 16 rings (SSSR count). The largest absolute Gasteiger partial charge is 0.454 e. The Kier molecular flexibility index (Phi) is 8.85. The summed E-state index contributed by atoms with van der Waals surface area (Å²) in [5, 5.41) is 23.2. The average Bonchev–Trinajstić information content (AvgIpc) is 4.32. The van der Waals surface area contributed by atoms with Gasteiger partial charge in [-0.25, -0.2) is 4.85 Å². The van der Waals surface area contributed by atoms with E-state index in [1.54, 1.807) is 22.7 Å². The Morgan fingerprint density at radius 3 is 1.52 bits per heavy atom. The number of aromatic nitrogens is 2. The average molecular weight is 989 g/mol. The Labute approximate surface area is 436 Å². The second-order valence-electron chi connectivity index (χ2n) is 19.2. The Hall–Kier alpha value is -9.76. The lowest BCUT2D eigenvalue weighted by Gasteiger charge is -2.25. The van der Waals surface area contributed by atoms with Gasteiger partial charge in [-0.15, -0.1) is 22.7 Å². The Balaban J connectivity index is 1.15. The van der Waals surface area contributed by atoms with Crippen molar-refractivity contribution in [2.75, 3.05) is 0 Å². The van der Waals surface area contributed by atoms with Crippen LogP contribution in [0.5, 0.6) is 0 Å². The van der Waals surface area contributed by atoms with Crippen molar-refractivity contribution in [3.05, 3.63) is 235 Å². The number of hydrogen-bond acceptors (Lipinski definition) is 4. The third-order valence-corrected chi connectivity index (χ3v) is 17.8. The first-order valence-electron chi connectivity index (χ1n) is 24.9. The molecule has 11 aromatic carbocycles. The SMILES string of the molecule is [C-]#[N+]c1c(-c2ccccc2)c(-n2c3c(ccc4c5ccccc5sc43)c3ccc4c5ccccc5sc4c32)c(-c2ccccc2)c(C#N)c1-n1c2ccccc2c2ccc3c4cc(-c5ccccc5)ccc4oc3c21. The topological polar surface area (TPSA) is 51.1 Å². The number of hydrogen-bond donors (Lipinski definition) is 0. The predicted octanol–water partition coefficient (Wildman–Crippen LogP) is 19.9. The van der Waals surface area contributed by atoms with Gasteiger partial charge in [0.25, 0.3) is 0 Å². The molecule has 0 amide bonds. The summed E-state index contributed by atoms with van der Waals surface area (Å²) in [6.45, 7) is 9.63. The molecule has 5 aromatic heterocycles. The molecule has 7 heteroatoms. The molecule has 0 N–H and O–H groups in total. The van der Waals surface area contributed by atoms with Gasteiger partial charge in [-0.2, -0.15) is 5.26 Å². The van der Waals surface area contributed by atoms with E-state index in [9.17, 15) is 11.8 Å². The molecule has 0 saturated heterocycles. The van der Waals surface area contributed by atoms with E-state index >= 15 is 0 Å². The normalized spacial score (nSPS) is 12.0. The molecule has 5 nitrogen and oxygen atoms in total. The summed E-state index contributed by atoms with van der Waals surface area (Å²) >= 11 is 3.60. The van der Waals surface area contributed by atoms with Gasteiger partial charge in [0.15, 0.2) is 5.58 Å². The maximum atomic E-state index is 12.3. The second-order valence-corrected chi connectivity index (χ2v) is 21.3. The second kappa shape index (κ2) is 15.9. The highest BCUT2D eigenvalue weighted by Gasteiger charge is 2.33. The highest BCUT2D eigenvalue weighted by Crippen LogP contribution is 2.55. The summed E-state index contributed by atoms with van der Waals surface area (Å²) in [5.74, 6) is 0. The van der Waals surface area contributed by atoms with E-state index in [2.05, 4.69) is 197 Å². The minimum Gasteiger partial charge on any atom is -0.454 e. The number of benzene rings is 11. The van der Waals surface area contributed by atoms with Gasteiger partial charge in [0.05, 0.1) is 55.0 Å². The fourth-order valence-corrected chi connectivity index (χ4v) is 14.7. The van der Waals surface area contributed by atoms with Crippen molar-refractivity contribution in [3.63, 3.8) is 0 Å². The number of thiophene rings is 2. The summed E-state index contributed by atoms with van der Waals surface area (Å²) in [5.41, 5.74) is 12.7. The first-order valence-corrected chi connectivity index (χ1v) is 26.6. The molecular weight excluding hydrogens is 953 g/mol. The lowest BCUT2D eigenvalue weighted by atomic mass is 9.88. The van der Waals surface area contributed by atoms with Crippen LogP contribution in [0.25, 0.3) is 155 Å². The third-order valence-electron chi connectivity index (χ3n) is 15.4. The van der Waals surface area contributed by atoms with Crippen LogP contribution in [0.3, 0.4) is 0 Å². The van der Waals surface area contributed by atoms with Crippen molar-refractivity contribution in [1.29, 1.82) is 5.26 Å². The zero-order valence-corrected chi connectivity index (χ0v) is 41.4. The molecule has 0 atom stereocenters. The van der Waals surface area contributed by atoms with Crippen molar-refractivity contribution in [1.82, 2.24) is 9.13 Å².